The zero-order valence-electron chi connectivity index (χ0n) is 22.3. The smallest absolute Gasteiger partial charge is 0.338 e. The molecule has 0 saturated carbocycles. The molecular weight excluding hydrogens is 538 g/mol. The van der Waals surface area contributed by atoms with Gasteiger partial charge in [0.05, 0.1) is 18.5 Å². The number of rotatable bonds is 9. The van der Waals surface area contributed by atoms with Gasteiger partial charge in [-0.1, -0.05) is 66.7 Å². The predicted molar refractivity (Wildman–Crippen MR) is 151 cm³/mol. The van der Waals surface area contributed by atoms with E-state index in [1.807, 2.05) is 42.5 Å². The van der Waals surface area contributed by atoms with E-state index in [1.165, 1.54) is 12.7 Å². The van der Waals surface area contributed by atoms with Crippen LogP contribution in [-0.4, -0.2) is 61.4 Å². The number of aromatic nitrogens is 4. The van der Waals surface area contributed by atoms with E-state index in [-0.39, 0.29) is 24.9 Å². The first-order valence-electron chi connectivity index (χ1n) is 13.3. The van der Waals surface area contributed by atoms with Crippen molar-refractivity contribution in [1.29, 1.82) is 0 Å². The Hall–Kier alpha value is -4.97. The van der Waals surface area contributed by atoms with Crippen LogP contribution in [-0.2, 0) is 20.8 Å². The first kappa shape index (κ1) is 27.2. The van der Waals surface area contributed by atoms with Crippen LogP contribution in [0.25, 0.3) is 11.2 Å². The van der Waals surface area contributed by atoms with Crippen molar-refractivity contribution in [1.82, 2.24) is 19.5 Å². The van der Waals surface area contributed by atoms with Crippen LogP contribution in [0.3, 0.4) is 0 Å². The van der Waals surface area contributed by atoms with Crippen LogP contribution in [0.15, 0.2) is 104 Å². The van der Waals surface area contributed by atoms with E-state index < -0.39 is 30.5 Å². The van der Waals surface area contributed by atoms with Gasteiger partial charge in [-0.25, -0.2) is 19.7 Å². The summed E-state index contributed by atoms with van der Waals surface area (Å²) in [5, 5.41) is 14.2. The molecule has 2 N–H and O–H groups in total. The Morgan fingerprint density at radius 2 is 1.55 bits per heavy atom. The summed E-state index contributed by atoms with van der Waals surface area (Å²) in [6.45, 7) is 0.0605. The third-order valence-electron chi connectivity index (χ3n) is 6.88. The molecule has 0 spiro atoms. The van der Waals surface area contributed by atoms with Gasteiger partial charge in [0.1, 0.15) is 31.2 Å². The van der Waals surface area contributed by atoms with E-state index in [0.29, 0.717) is 22.3 Å². The SMILES string of the molecule is O=C(Nc1ncnc2c1ncn2[C@@H]1O[C@@H](COC(=O)c2ccccc2)[C@H](OCc2ccccc2)[C@H]1O)c1ccccc1. The number of esters is 1. The number of nitrogens with zero attached hydrogens (tertiary/aromatic N) is 4. The summed E-state index contributed by atoms with van der Waals surface area (Å²) in [6.07, 6.45) is -1.01. The van der Waals surface area contributed by atoms with E-state index in [1.54, 1.807) is 53.1 Å². The lowest BCUT2D eigenvalue weighted by atomic mass is 10.1. The second-order valence-corrected chi connectivity index (χ2v) is 9.65. The number of anilines is 1. The van der Waals surface area contributed by atoms with Crippen LogP contribution in [0.1, 0.15) is 32.5 Å². The van der Waals surface area contributed by atoms with Crippen LogP contribution in [0.4, 0.5) is 5.82 Å². The molecule has 2 aromatic heterocycles. The number of nitrogens with one attached hydrogen (secondary N) is 1. The minimum absolute atomic E-state index is 0.152. The minimum atomic E-state index is -1.16. The quantitative estimate of drug-likeness (QED) is 0.256. The fraction of sp³-hybridized carbons (Fsp3) is 0.194. The van der Waals surface area contributed by atoms with Crippen LogP contribution in [0, 0.1) is 0 Å². The summed E-state index contributed by atoms with van der Waals surface area (Å²) < 4.78 is 19.5. The summed E-state index contributed by atoms with van der Waals surface area (Å²) in [5.41, 5.74) is 2.42. The topological polar surface area (TPSA) is 138 Å². The van der Waals surface area contributed by atoms with E-state index >= 15 is 0 Å². The van der Waals surface area contributed by atoms with Crippen LogP contribution in [0.2, 0.25) is 0 Å². The fourth-order valence-corrected chi connectivity index (χ4v) is 4.77. The molecule has 0 bridgehead atoms. The third kappa shape index (κ3) is 5.75. The van der Waals surface area contributed by atoms with Gasteiger partial charge in [0, 0.05) is 5.56 Å². The van der Waals surface area contributed by atoms with Crippen LogP contribution >= 0.6 is 0 Å². The summed E-state index contributed by atoms with van der Waals surface area (Å²) in [4.78, 5) is 38.3. The van der Waals surface area contributed by atoms with Gasteiger partial charge >= 0.3 is 5.97 Å². The van der Waals surface area contributed by atoms with Crippen molar-refractivity contribution >= 4 is 28.9 Å². The zero-order chi connectivity index (χ0) is 28.9. The Balaban J connectivity index is 1.24. The van der Waals surface area contributed by atoms with E-state index in [9.17, 15) is 14.7 Å². The average Bonchev–Trinajstić information content (AvgIpc) is 3.61. The maximum absolute atomic E-state index is 12.7. The molecule has 5 aromatic rings. The van der Waals surface area contributed by atoms with Gasteiger partial charge in [-0.15, -0.1) is 0 Å². The molecule has 0 unspecified atom stereocenters. The number of ether oxygens (including phenoxy) is 3. The lowest BCUT2D eigenvalue weighted by Gasteiger charge is -2.21. The van der Waals surface area contributed by atoms with Crippen molar-refractivity contribution in [3.05, 3.63) is 120 Å². The largest absolute Gasteiger partial charge is 0.459 e. The molecule has 1 aliphatic heterocycles. The van der Waals surface area contributed by atoms with Gasteiger partial charge in [-0.05, 0) is 29.8 Å². The average molecular weight is 566 g/mol. The third-order valence-corrected chi connectivity index (χ3v) is 6.88. The highest BCUT2D eigenvalue weighted by molar-refractivity contribution is 6.06. The molecule has 212 valence electrons. The minimum Gasteiger partial charge on any atom is -0.459 e. The summed E-state index contributed by atoms with van der Waals surface area (Å²) in [5.74, 6) is -0.652. The zero-order valence-corrected chi connectivity index (χ0v) is 22.3. The number of hydrogen-bond acceptors (Lipinski definition) is 9. The molecule has 4 atom stereocenters. The summed E-state index contributed by atoms with van der Waals surface area (Å²) >= 11 is 0. The van der Waals surface area contributed by atoms with Gasteiger partial charge in [0.2, 0.25) is 0 Å². The normalized spacial score (nSPS) is 19.9. The maximum atomic E-state index is 12.7. The molecule has 6 rings (SSSR count). The number of amides is 1. The molecule has 42 heavy (non-hydrogen) atoms. The van der Waals surface area contributed by atoms with Crippen molar-refractivity contribution in [3.63, 3.8) is 0 Å². The van der Waals surface area contributed by atoms with Crippen molar-refractivity contribution in [3.8, 4) is 0 Å². The molecule has 11 nitrogen and oxygen atoms in total. The number of carbonyl (C=O) groups is 2. The summed E-state index contributed by atoms with van der Waals surface area (Å²) in [6, 6.07) is 26.9. The fourth-order valence-electron chi connectivity index (χ4n) is 4.77. The highest BCUT2D eigenvalue weighted by atomic mass is 16.6. The Morgan fingerprint density at radius 3 is 2.26 bits per heavy atom. The first-order valence-corrected chi connectivity index (χ1v) is 13.3. The Morgan fingerprint density at radius 1 is 0.881 bits per heavy atom. The number of hydrogen-bond donors (Lipinski definition) is 2. The number of carbonyl (C=O) groups excluding carboxylic acids is 2. The standard InChI is InChI=1S/C31H27N5O6/c37-25-26(40-16-20-10-4-1-5-11-20)23(17-41-31(39)22-14-8-3-9-15-22)42-30(25)36-19-34-24-27(32-18-33-28(24)36)35-29(38)21-12-6-2-7-13-21/h1-15,18-19,23,25-26,30,37H,16-17H2,(H,32,33,35,38)/t23-,25+,26-,30+/m0/s1. The van der Waals surface area contributed by atoms with Gasteiger partial charge in [0.25, 0.3) is 5.91 Å². The van der Waals surface area contributed by atoms with Gasteiger partial charge in [-0.2, -0.15) is 0 Å². The molecule has 0 aliphatic carbocycles. The molecule has 11 heteroatoms. The Labute approximate surface area is 240 Å². The highest BCUT2D eigenvalue weighted by Crippen LogP contribution is 2.34. The lowest BCUT2D eigenvalue weighted by Crippen LogP contribution is -2.37. The molecular formula is C31H27N5O6. The van der Waals surface area contributed by atoms with E-state index in [4.69, 9.17) is 14.2 Å². The lowest BCUT2D eigenvalue weighted by molar-refractivity contribution is -0.0699. The molecule has 3 aromatic carbocycles. The predicted octanol–water partition coefficient (Wildman–Crippen LogP) is 3.78. The summed E-state index contributed by atoms with van der Waals surface area (Å²) in [7, 11) is 0. The number of imidazole rings is 1. The van der Waals surface area contributed by atoms with Gasteiger partial charge in [-0.3, -0.25) is 9.36 Å². The first-order chi connectivity index (χ1) is 20.6. The molecule has 1 fully saturated rings. The molecule has 1 amide bonds. The second kappa shape index (κ2) is 12.3. The van der Waals surface area contributed by atoms with E-state index in [0.717, 1.165) is 5.56 Å². The van der Waals surface area contributed by atoms with Crippen molar-refractivity contribution in [2.24, 2.45) is 0 Å². The molecule has 3 heterocycles. The number of fused-ring (bicyclic) bond motifs is 1. The van der Waals surface area contributed by atoms with Crippen molar-refractivity contribution in [2.75, 3.05) is 11.9 Å². The van der Waals surface area contributed by atoms with Crippen molar-refractivity contribution in [2.45, 2.75) is 31.1 Å². The van der Waals surface area contributed by atoms with E-state index in [2.05, 4.69) is 20.3 Å². The monoisotopic (exact) mass is 565 g/mol. The van der Waals surface area contributed by atoms with Crippen LogP contribution in [0.5, 0.6) is 0 Å². The number of benzene rings is 3. The molecule has 0 radical (unpaired) electrons. The van der Waals surface area contributed by atoms with Gasteiger partial charge < -0.3 is 24.6 Å². The Bertz CT molecular complexity index is 1670. The maximum Gasteiger partial charge on any atom is 0.338 e. The highest BCUT2D eigenvalue weighted by Gasteiger charge is 2.46. The van der Waals surface area contributed by atoms with Gasteiger partial charge in [0.15, 0.2) is 23.2 Å². The van der Waals surface area contributed by atoms with Crippen LogP contribution < -0.4 is 5.32 Å². The Kier molecular flexibility index (Phi) is 7.95. The number of aliphatic hydroxyl groups is 1. The molecule has 1 aliphatic rings. The number of aliphatic hydroxyl groups excluding tert-OH is 1. The van der Waals surface area contributed by atoms with Crippen molar-refractivity contribution < 1.29 is 28.9 Å². The molecule has 1 saturated heterocycles. The second-order valence-electron chi connectivity index (χ2n) is 9.65.